The first-order chi connectivity index (χ1) is 9.32. The number of hydrogen-bond acceptors (Lipinski definition) is 6. The maximum Gasteiger partial charge on any atom is 0.321 e. The second-order valence-corrected chi connectivity index (χ2v) is 6.81. The van der Waals surface area contributed by atoms with Gasteiger partial charge in [0, 0.05) is 6.04 Å². The molecule has 114 valence electrons. The van der Waals surface area contributed by atoms with Crippen molar-refractivity contribution in [2.75, 3.05) is 12.4 Å². The molecule has 20 heavy (non-hydrogen) atoms. The zero-order valence-electron chi connectivity index (χ0n) is 12.0. The molecule has 1 rings (SSSR count). The van der Waals surface area contributed by atoms with Crippen molar-refractivity contribution in [3.63, 3.8) is 0 Å². The minimum Gasteiger partial charge on any atom is -0.465 e. The number of esters is 1. The predicted molar refractivity (Wildman–Crippen MR) is 74.8 cm³/mol. The molecule has 0 bridgehead atoms. The fourth-order valence-electron chi connectivity index (χ4n) is 1.55. The van der Waals surface area contributed by atoms with Crippen LogP contribution >= 0.6 is 0 Å². The molecule has 1 aromatic heterocycles. The molecule has 1 N–H and O–H groups in total. The molecule has 0 aromatic carbocycles. The van der Waals surface area contributed by atoms with Gasteiger partial charge < -0.3 is 14.5 Å². The van der Waals surface area contributed by atoms with Gasteiger partial charge in [0.15, 0.2) is 9.84 Å². The standard InChI is InChI=1S/C13H21NO5S/c1-4-18-13(15)9-20(16,17)8-12-6-5-11(19-12)7-14-10(2)3/h5-6,10,14H,4,7-9H2,1-3H3. The molecule has 1 heterocycles. The third kappa shape index (κ3) is 6.21. The second kappa shape index (κ2) is 7.44. The highest BCUT2D eigenvalue weighted by Crippen LogP contribution is 2.12. The molecule has 0 fully saturated rings. The van der Waals surface area contributed by atoms with E-state index >= 15 is 0 Å². The molecule has 0 unspecified atom stereocenters. The maximum absolute atomic E-state index is 11.8. The Morgan fingerprint density at radius 3 is 2.60 bits per heavy atom. The SMILES string of the molecule is CCOC(=O)CS(=O)(=O)Cc1ccc(CNC(C)C)o1. The Hall–Kier alpha value is -1.34. The predicted octanol–water partition coefficient (Wildman–Crippen LogP) is 1.26. The summed E-state index contributed by atoms with van der Waals surface area (Å²) in [5.74, 6) is -0.662. The van der Waals surface area contributed by atoms with Crippen LogP contribution in [-0.2, 0) is 31.7 Å². The van der Waals surface area contributed by atoms with Crippen LogP contribution in [0.1, 0.15) is 32.3 Å². The lowest BCUT2D eigenvalue weighted by molar-refractivity contribution is -0.139. The molecule has 0 saturated carbocycles. The summed E-state index contributed by atoms with van der Waals surface area (Å²) in [5, 5.41) is 3.17. The molecule has 7 heteroatoms. The lowest BCUT2D eigenvalue weighted by Gasteiger charge is -2.05. The van der Waals surface area contributed by atoms with Crippen LogP contribution in [0.3, 0.4) is 0 Å². The van der Waals surface area contributed by atoms with Crippen molar-refractivity contribution in [1.29, 1.82) is 0 Å². The molecule has 0 aliphatic rings. The zero-order valence-corrected chi connectivity index (χ0v) is 12.8. The molecular weight excluding hydrogens is 282 g/mol. The van der Waals surface area contributed by atoms with Crippen LogP contribution in [0.25, 0.3) is 0 Å². The summed E-state index contributed by atoms with van der Waals surface area (Å²) in [6, 6.07) is 3.65. The van der Waals surface area contributed by atoms with Gasteiger partial charge in [-0.3, -0.25) is 4.79 Å². The van der Waals surface area contributed by atoms with Gasteiger partial charge in [0.1, 0.15) is 23.0 Å². The van der Waals surface area contributed by atoms with Gasteiger partial charge in [-0.2, -0.15) is 0 Å². The van der Waals surface area contributed by atoms with Crippen molar-refractivity contribution in [3.8, 4) is 0 Å². The molecule has 0 amide bonds. The summed E-state index contributed by atoms with van der Waals surface area (Å²) < 4.78 is 33.6. The zero-order chi connectivity index (χ0) is 15.2. The first-order valence-corrected chi connectivity index (χ1v) is 8.31. The van der Waals surface area contributed by atoms with Gasteiger partial charge in [-0.05, 0) is 19.1 Å². The van der Waals surface area contributed by atoms with E-state index in [-0.39, 0.29) is 12.4 Å². The van der Waals surface area contributed by atoms with E-state index in [0.29, 0.717) is 24.1 Å². The van der Waals surface area contributed by atoms with E-state index in [2.05, 4.69) is 10.1 Å². The Morgan fingerprint density at radius 1 is 1.35 bits per heavy atom. The highest BCUT2D eigenvalue weighted by molar-refractivity contribution is 7.91. The number of carbonyl (C=O) groups is 1. The van der Waals surface area contributed by atoms with Crippen molar-refractivity contribution in [1.82, 2.24) is 5.32 Å². The summed E-state index contributed by atoms with van der Waals surface area (Å²) in [5.41, 5.74) is 0. The van der Waals surface area contributed by atoms with Crippen molar-refractivity contribution in [3.05, 3.63) is 23.7 Å². The second-order valence-electron chi connectivity index (χ2n) is 4.74. The van der Waals surface area contributed by atoms with Crippen LogP contribution in [-0.4, -0.2) is 32.8 Å². The van der Waals surface area contributed by atoms with E-state index in [1.807, 2.05) is 13.8 Å². The minimum absolute atomic E-state index is 0.167. The van der Waals surface area contributed by atoms with Gasteiger partial charge in [0.05, 0.1) is 13.2 Å². The molecule has 0 radical (unpaired) electrons. The Balaban J connectivity index is 2.57. The molecule has 0 aliphatic heterocycles. The van der Waals surface area contributed by atoms with Crippen molar-refractivity contribution < 1.29 is 22.4 Å². The minimum atomic E-state index is -3.56. The summed E-state index contributed by atoms with van der Waals surface area (Å²) in [7, 11) is -3.56. The van der Waals surface area contributed by atoms with Gasteiger partial charge in [-0.1, -0.05) is 13.8 Å². The van der Waals surface area contributed by atoms with Gasteiger partial charge in [0.2, 0.25) is 0 Å². The highest BCUT2D eigenvalue weighted by Gasteiger charge is 2.20. The van der Waals surface area contributed by atoms with Crippen LogP contribution in [0, 0.1) is 0 Å². The largest absolute Gasteiger partial charge is 0.465 e. The number of carbonyl (C=O) groups excluding carboxylic acids is 1. The van der Waals surface area contributed by atoms with E-state index in [1.165, 1.54) is 0 Å². The average Bonchev–Trinajstić information content (AvgIpc) is 2.72. The number of nitrogens with one attached hydrogen (secondary N) is 1. The van der Waals surface area contributed by atoms with Gasteiger partial charge >= 0.3 is 5.97 Å². The number of hydrogen-bond donors (Lipinski definition) is 1. The number of sulfone groups is 1. The summed E-state index contributed by atoms with van der Waals surface area (Å²) in [6.07, 6.45) is 0. The molecule has 6 nitrogen and oxygen atoms in total. The lowest BCUT2D eigenvalue weighted by atomic mass is 10.3. The molecule has 0 saturated heterocycles. The topological polar surface area (TPSA) is 85.6 Å². The maximum atomic E-state index is 11.8. The smallest absolute Gasteiger partial charge is 0.321 e. The molecule has 0 spiro atoms. The highest BCUT2D eigenvalue weighted by atomic mass is 32.2. The fourth-order valence-corrected chi connectivity index (χ4v) is 2.68. The molecular formula is C13H21NO5S. The Bertz CT molecular complexity index is 533. The van der Waals surface area contributed by atoms with Crippen LogP contribution in [0.2, 0.25) is 0 Å². The third-order valence-corrected chi connectivity index (χ3v) is 3.81. The molecule has 0 aliphatic carbocycles. The lowest BCUT2D eigenvalue weighted by Crippen LogP contribution is -2.21. The van der Waals surface area contributed by atoms with Gasteiger partial charge in [-0.15, -0.1) is 0 Å². The van der Waals surface area contributed by atoms with E-state index in [1.54, 1.807) is 19.1 Å². The first kappa shape index (κ1) is 16.7. The number of ether oxygens (including phenoxy) is 1. The monoisotopic (exact) mass is 303 g/mol. The van der Waals surface area contributed by atoms with E-state index in [0.717, 1.165) is 0 Å². The van der Waals surface area contributed by atoms with E-state index in [4.69, 9.17) is 4.42 Å². The Labute approximate surface area is 119 Å². The van der Waals surface area contributed by atoms with E-state index < -0.39 is 21.6 Å². The number of furan rings is 1. The summed E-state index contributed by atoms with van der Waals surface area (Å²) in [6.45, 7) is 6.35. The van der Waals surface area contributed by atoms with Crippen molar-refractivity contribution >= 4 is 15.8 Å². The Morgan fingerprint density at radius 2 is 2.00 bits per heavy atom. The number of rotatable bonds is 8. The van der Waals surface area contributed by atoms with Crippen molar-refractivity contribution in [2.45, 2.75) is 39.1 Å². The Kier molecular flexibility index (Phi) is 6.22. The third-order valence-electron chi connectivity index (χ3n) is 2.41. The first-order valence-electron chi connectivity index (χ1n) is 6.49. The quantitative estimate of drug-likeness (QED) is 0.728. The van der Waals surface area contributed by atoms with Crippen LogP contribution in [0.4, 0.5) is 0 Å². The van der Waals surface area contributed by atoms with Crippen LogP contribution < -0.4 is 5.32 Å². The van der Waals surface area contributed by atoms with Crippen LogP contribution in [0.15, 0.2) is 16.5 Å². The molecule has 0 atom stereocenters. The van der Waals surface area contributed by atoms with Gasteiger partial charge in [-0.25, -0.2) is 8.42 Å². The van der Waals surface area contributed by atoms with Crippen molar-refractivity contribution in [2.24, 2.45) is 0 Å². The summed E-state index contributed by atoms with van der Waals surface area (Å²) >= 11 is 0. The van der Waals surface area contributed by atoms with Gasteiger partial charge in [0.25, 0.3) is 0 Å². The van der Waals surface area contributed by atoms with E-state index in [9.17, 15) is 13.2 Å². The van der Waals surface area contributed by atoms with Crippen LogP contribution in [0.5, 0.6) is 0 Å². The normalized spacial score (nSPS) is 11.8. The summed E-state index contributed by atoms with van der Waals surface area (Å²) in [4.78, 5) is 11.2. The fraction of sp³-hybridized carbons (Fsp3) is 0.615. The molecule has 1 aromatic rings. The average molecular weight is 303 g/mol.